The van der Waals surface area contributed by atoms with E-state index in [1.807, 2.05) is 48.6 Å². The highest BCUT2D eigenvalue weighted by Gasteiger charge is 2.55. The van der Waals surface area contributed by atoms with E-state index in [-0.39, 0.29) is 27.6 Å². The number of rotatable bonds is 11. The van der Waals surface area contributed by atoms with Crippen molar-refractivity contribution < 1.29 is 24.3 Å². The first-order chi connectivity index (χ1) is 19.7. The Morgan fingerprint density at radius 3 is 2.83 bits per heavy atom. The monoisotopic (exact) mass is 620 g/mol. The molecule has 218 valence electrons. The number of anilines is 1. The maximum atomic E-state index is 13.0. The minimum Gasteiger partial charge on any atom is -0.477 e. The summed E-state index contributed by atoms with van der Waals surface area (Å²) in [5.41, 5.74) is 8.63. The van der Waals surface area contributed by atoms with Crippen LogP contribution >= 0.6 is 35.1 Å². The second-order valence-electron chi connectivity index (χ2n) is 9.30. The molecule has 5 N–H and O–H groups in total. The number of hydrazine groups is 1. The van der Waals surface area contributed by atoms with Crippen molar-refractivity contribution in [1.82, 2.24) is 39.8 Å². The third-order valence-corrected chi connectivity index (χ3v) is 9.11. The molecule has 2 amide bonds. The maximum Gasteiger partial charge on any atom is 0.352 e. The number of β-lactam (4-membered cyclic amide) rings is 1. The second-order valence-corrected chi connectivity index (χ2v) is 12.6. The topological polar surface area (TPSA) is 182 Å². The predicted octanol–water partition coefficient (Wildman–Crippen LogP) is -0.208. The summed E-state index contributed by atoms with van der Waals surface area (Å²) in [6.07, 6.45) is 9.40. The number of carboxylic acids is 1. The quantitative estimate of drug-likeness (QED) is 0.145. The molecule has 5 heterocycles. The van der Waals surface area contributed by atoms with Gasteiger partial charge in [-0.05, 0) is 32.3 Å². The minimum absolute atomic E-state index is 0.0381. The van der Waals surface area contributed by atoms with Gasteiger partial charge >= 0.3 is 5.97 Å². The Morgan fingerprint density at radius 2 is 2.15 bits per heavy atom. The van der Waals surface area contributed by atoms with Gasteiger partial charge < -0.3 is 30.8 Å². The summed E-state index contributed by atoms with van der Waals surface area (Å²) >= 11 is 3.99. The summed E-state index contributed by atoms with van der Waals surface area (Å²) < 4.78 is 3.98. The Labute approximate surface area is 247 Å². The second kappa shape index (κ2) is 12.0. The van der Waals surface area contributed by atoms with E-state index in [4.69, 9.17) is 10.6 Å². The number of amides is 2. The fraction of sp³-hybridized carbons (Fsp3) is 0.391. The minimum atomic E-state index is -1.22. The maximum absolute atomic E-state index is 13.0. The molecule has 1 fully saturated rings. The molecule has 3 atom stereocenters. The van der Waals surface area contributed by atoms with Gasteiger partial charge in [-0.3, -0.25) is 19.9 Å². The van der Waals surface area contributed by atoms with Gasteiger partial charge in [0.25, 0.3) is 11.8 Å². The van der Waals surface area contributed by atoms with Gasteiger partial charge in [-0.1, -0.05) is 5.16 Å². The van der Waals surface area contributed by atoms with E-state index in [0.717, 1.165) is 34.7 Å². The zero-order chi connectivity index (χ0) is 29.3. The number of hydrogen-bond donors (Lipinski definition) is 4. The van der Waals surface area contributed by atoms with Crippen LogP contribution in [0.2, 0.25) is 0 Å². The number of aliphatic carboxylic acids is 1. The van der Waals surface area contributed by atoms with Crippen molar-refractivity contribution in [3.63, 3.8) is 0 Å². The number of carbonyl (C=O) groups excluding carboxylic acids is 2. The smallest absolute Gasteiger partial charge is 0.352 e. The van der Waals surface area contributed by atoms with Crippen molar-refractivity contribution >= 4 is 63.7 Å². The molecule has 1 aromatic heterocycles. The Morgan fingerprint density at radius 1 is 1.34 bits per heavy atom. The number of thioether (sulfide) groups is 2. The highest BCUT2D eigenvalue weighted by atomic mass is 32.2. The summed E-state index contributed by atoms with van der Waals surface area (Å²) in [4.78, 5) is 52.1. The molecule has 4 aliphatic rings. The van der Waals surface area contributed by atoms with Crippen molar-refractivity contribution in [2.75, 3.05) is 45.8 Å². The van der Waals surface area contributed by atoms with E-state index < -0.39 is 29.2 Å². The standard InChI is InChI=1S/C23H28N10O5S3/c1-30(2)8-9-39-14-4-5-15-31(6-7-32(15)27-14)11-12-10-13(22(36)37)33-20(35)17(21(33)40-12)25-19(34)16(28-38-3)18-26-23(24)41-29-18/h4-7,10,12,17,21,27H,8-9,11H2,1-3H3,(H,25,34)(H,36,37)(H2,24,26,29)/b28-16-/t12?,17-,21+/m1/s1. The Hall–Kier alpha value is -3.74. The number of allylic oxidation sites excluding steroid dienone is 2. The Bertz CT molecular complexity index is 1390. The van der Waals surface area contributed by atoms with Gasteiger partial charge in [-0.15, -0.1) is 23.5 Å². The van der Waals surface area contributed by atoms with E-state index in [1.165, 1.54) is 23.8 Å². The number of aromatic nitrogens is 2. The summed E-state index contributed by atoms with van der Waals surface area (Å²) in [6, 6.07) is -0.984. The summed E-state index contributed by atoms with van der Waals surface area (Å²) in [7, 11) is 5.33. The van der Waals surface area contributed by atoms with Gasteiger partial charge in [0, 0.05) is 48.0 Å². The van der Waals surface area contributed by atoms with Crippen LogP contribution in [-0.2, 0) is 19.2 Å². The van der Waals surface area contributed by atoms with Gasteiger partial charge in [-0.2, -0.15) is 9.36 Å². The van der Waals surface area contributed by atoms with Gasteiger partial charge in [-0.25, -0.2) is 9.80 Å². The van der Waals surface area contributed by atoms with E-state index in [9.17, 15) is 19.5 Å². The summed E-state index contributed by atoms with van der Waals surface area (Å²) in [5, 5.41) is 18.3. The summed E-state index contributed by atoms with van der Waals surface area (Å²) in [5.74, 6) is -0.708. The lowest BCUT2D eigenvalue weighted by atomic mass is 10.0. The van der Waals surface area contributed by atoms with Crippen LogP contribution in [0.25, 0.3) is 0 Å². The molecular formula is C23H28N10O5S3. The molecule has 0 aliphatic carbocycles. The van der Waals surface area contributed by atoms with E-state index in [1.54, 1.807) is 17.8 Å². The Kier molecular flexibility index (Phi) is 8.43. The molecule has 4 aliphatic heterocycles. The fourth-order valence-electron chi connectivity index (χ4n) is 4.34. The van der Waals surface area contributed by atoms with Crippen LogP contribution in [0.1, 0.15) is 5.82 Å². The van der Waals surface area contributed by atoms with E-state index in [2.05, 4.69) is 30.2 Å². The number of hydrogen-bond acceptors (Lipinski definition) is 15. The number of fused-ring (bicyclic) bond motifs is 2. The molecule has 0 radical (unpaired) electrons. The van der Waals surface area contributed by atoms with Crippen LogP contribution in [0, 0.1) is 0 Å². The first kappa shape index (κ1) is 28.8. The molecule has 18 heteroatoms. The molecule has 1 aromatic rings. The van der Waals surface area contributed by atoms with Crippen LogP contribution in [0.15, 0.2) is 52.3 Å². The number of nitrogen functional groups attached to an aromatic ring is 1. The summed E-state index contributed by atoms with van der Waals surface area (Å²) in [6.45, 7) is 1.40. The first-order valence-electron chi connectivity index (χ1n) is 12.3. The highest BCUT2D eigenvalue weighted by Crippen LogP contribution is 2.42. The highest BCUT2D eigenvalue weighted by molar-refractivity contribution is 8.03. The van der Waals surface area contributed by atoms with E-state index >= 15 is 0 Å². The number of carboxylic acid groups (broad SMARTS) is 1. The number of carbonyl (C=O) groups is 3. The number of oxime groups is 1. The number of nitrogens with two attached hydrogens (primary N) is 1. The molecular weight excluding hydrogens is 593 g/mol. The Balaban J connectivity index is 1.28. The SMILES string of the molecule is CO/N=C(\C(=O)N[C@@H]1C(=O)N2C(C(=O)O)=CC(CN3C=CN4NC(SCCN(C)C)=CC=C34)S[C@@H]12)c1nsc(N)n1. The van der Waals surface area contributed by atoms with Crippen molar-refractivity contribution in [2.24, 2.45) is 5.16 Å². The first-order valence-corrected chi connectivity index (χ1v) is 15.0. The fourth-order valence-corrected chi connectivity index (χ4v) is 7.27. The molecule has 1 saturated heterocycles. The lowest BCUT2D eigenvalue weighted by Gasteiger charge is -2.50. The lowest BCUT2D eigenvalue weighted by molar-refractivity contribution is -0.150. The number of nitrogens with one attached hydrogen (secondary N) is 2. The third kappa shape index (κ3) is 5.99. The van der Waals surface area contributed by atoms with Crippen molar-refractivity contribution in [2.45, 2.75) is 16.7 Å². The van der Waals surface area contributed by atoms with E-state index in [0.29, 0.717) is 6.54 Å². The zero-order valence-corrected chi connectivity index (χ0v) is 24.7. The normalized spacial score (nSPS) is 23.3. The van der Waals surface area contributed by atoms with Crippen LogP contribution < -0.4 is 16.5 Å². The van der Waals surface area contributed by atoms with Gasteiger partial charge in [0.15, 0.2) is 5.13 Å². The number of nitrogens with zero attached hydrogens (tertiary/aromatic N) is 7. The molecule has 0 aromatic carbocycles. The van der Waals surface area contributed by atoms with Gasteiger partial charge in [0.1, 0.15) is 30.0 Å². The lowest BCUT2D eigenvalue weighted by Crippen LogP contribution is -2.71. The van der Waals surface area contributed by atoms with Crippen LogP contribution in [-0.4, -0.2) is 114 Å². The van der Waals surface area contributed by atoms with Crippen LogP contribution in [0.5, 0.6) is 0 Å². The van der Waals surface area contributed by atoms with Gasteiger partial charge in [0.05, 0.1) is 5.03 Å². The zero-order valence-electron chi connectivity index (χ0n) is 22.3. The van der Waals surface area contributed by atoms with Crippen LogP contribution in [0.4, 0.5) is 5.13 Å². The van der Waals surface area contributed by atoms with Crippen molar-refractivity contribution in [1.29, 1.82) is 0 Å². The molecule has 5 rings (SSSR count). The average Bonchev–Trinajstić information content (AvgIpc) is 3.54. The molecule has 0 bridgehead atoms. The van der Waals surface area contributed by atoms with Gasteiger partial charge in [0.2, 0.25) is 11.5 Å². The largest absolute Gasteiger partial charge is 0.477 e. The molecule has 0 spiro atoms. The van der Waals surface area contributed by atoms with Crippen molar-refractivity contribution in [3.05, 3.63) is 53.0 Å². The van der Waals surface area contributed by atoms with Crippen molar-refractivity contribution in [3.8, 4) is 0 Å². The van der Waals surface area contributed by atoms with Crippen LogP contribution in [0.3, 0.4) is 0 Å². The predicted molar refractivity (Wildman–Crippen MR) is 156 cm³/mol. The molecule has 41 heavy (non-hydrogen) atoms. The molecule has 1 unspecified atom stereocenters. The average molecular weight is 621 g/mol. The molecule has 15 nitrogen and oxygen atoms in total. The third-order valence-electron chi connectivity index (χ3n) is 6.24. The molecule has 0 saturated carbocycles.